The monoisotopic (exact) mass is 413 g/mol. The molecule has 5 nitrogen and oxygen atoms in total. The van der Waals surface area contributed by atoms with Crippen LogP contribution in [0.4, 0.5) is 13.2 Å². The van der Waals surface area contributed by atoms with E-state index < -0.39 is 24.2 Å². The van der Waals surface area contributed by atoms with E-state index in [1.165, 1.54) is 24.4 Å². The number of amides is 1. The maximum absolute atomic E-state index is 13.5. The lowest BCUT2D eigenvalue weighted by atomic mass is 10.0. The topological polar surface area (TPSA) is 65.8 Å². The van der Waals surface area contributed by atoms with E-state index in [9.17, 15) is 23.1 Å². The molecule has 1 aliphatic rings. The first-order valence-corrected chi connectivity index (χ1v) is 7.90. The van der Waals surface area contributed by atoms with Crippen LogP contribution in [0.1, 0.15) is 22.5 Å². The SMILES string of the molecule is O=C(c1ccccn1)N1N=C(c2ccc(Br)cc2)CC1(O)C(F)(F)F. The molecular weight excluding hydrogens is 403 g/mol. The predicted molar refractivity (Wildman–Crippen MR) is 86.7 cm³/mol. The number of pyridine rings is 1. The van der Waals surface area contributed by atoms with Crippen LogP contribution < -0.4 is 0 Å². The Balaban J connectivity index is 2.04. The quantitative estimate of drug-likeness (QED) is 0.820. The summed E-state index contributed by atoms with van der Waals surface area (Å²) in [5.41, 5.74) is -3.34. The van der Waals surface area contributed by atoms with Crippen molar-refractivity contribution >= 4 is 27.5 Å². The summed E-state index contributed by atoms with van der Waals surface area (Å²) in [5.74, 6) is -1.13. The van der Waals surface area contributed by atoms with E-state index in [-0.39, 0.29) is 16.4 Å². The molecule has 25 heavy (non-hydrogen) atoms. The van der Waals surface area contributed by atoms with Crippen LogP contribution in [-0.4, -0.2) is 38.6 Å². The lowest BCUT2D eigenvalue weighted by Crippen LogP contribution is -2.56. The van der Waals surface area contributed by atoms with Crippen molar-refractivity contribution in [2.75, 3.05) is 0 Å². The molecule has 0 bridgehead atoms. The molecule has 0 saturated heterocycles. The number of rotatable bonds is 2. The third-order valence-corrected chi connectivity index (χ3v) is 4.22. The van der Waals surface area contributed by atoms with Crippen LogP contribution in [0, 0.1) is 0 Å². The van der Waals surface area contributed by atoms with Crippen molar-refractivity contribution in [1.29, 1.82) is 0 Å². The van der Waals surface area contributed by atoms with Gasteiger partial charge in [-0.05, 0) is 29.8 Å². The Morgan fingerprint density at radius 2 is 1.88 bits per heavy atom. The van der Waals surface area contributed by atoms with Gasteiger partial charge in [-0.15, -0.1) is 0 Å². The number of alkyl halides is 3. The summed E-state index contributed by atoms with van der Waals surface area (Å²) in [6, 6.07) is 10.6. The molecule has 3 rings (SSSR count). The predicted octanol–water partition coefficient (Wildman–Crippen LogP) is 3.35. The number of nitrogens with zero attached hydrogens (tertiary/aromatic N) is 3. The molecule has 1 N–H and O–H groups in total. The lowest BCUT2D eigenvalue weighted by Gasteiger charge is -2.32. The first-order chi connectivity index (χ1) is 11.7. The molecule has 2 heterocycles. The second-order valence-corrected chi connectivity index (χ2v) is 6.29. The minimum atomic E-state index is -5.09. The highest BCUT2D eigenvalue weighted by Gasteiger charge is 2.63. The highest BCUT2D eigenvalue weighted by atomic mass is 79.9. The van der Waals surface area contributed by atoms with Gasteiger partial charge in [-0.3, -0.25) is 9.78 Å². The van der Waals surface area contributed by atoms with Crippen molar-refractivity contribution < 1.29 is 23.1 Å². The smallest absolute Gasteiger partial charge is 0.362 e. The molecule has 2 aromatic rings. The molecule has 1 atom stereocenters. The van der Waals surface area contributed by atoms with E-state index in [0.29, 0.717) is 5.56 Å². The third-order valence-electron chi connectivity index (χ3n) is 3.69. The summed E-state index contributed by atoms with van der Waals surface area (Å²) in [4.78, 5) is 16.2. The number of carbonyl (C=O) groups excluding carboxylic acids is 1. The zero-order valence-electron chi connectivity index (χ0n) is 12.5. The average Bonchev–Trinajstić information content (AvgIpc) is 2.94. The van der Waals surface area contributed by atoms with Crippen molar-refractivity contribution in [3.63, 3.8) is 0 Å². The number of carbonyl (C=O) groups is 1. The van der Waals surface area contributed by atoms with Crippen LogP contribution in [-0.2, 0) is 0 Å². The number of hydrazone groups is 1. The minimum Gasteiger partial charge on any atom is -0.362 e. The third kappa shape index (κ3) is 3.16. The summed E-state index contributed by atoms with van der Waals surface area (Å²) in [5, 5.41) is 14.1. The number of benzene rings is 1. The molecule has 1 aliphatic heterocycles. The van der Waals surface area contributed by atoms with E-state index in [2.05, 4.69) is 26.0 Å². The minimum absolute atomic E-state index is 0.0448. The van der Waals surface area contributed by atoms with Gasteiger partial charge in [0.15, 0.2) is 0 Å². The Labute approximate surface area is 148 Å². The van der Waals surface area contributed by atoms with E-state index in [1.54, 1.807) is 24.3 Å². The number of hydrogen-bond acceptors (Lipinski definition) is 4. The summed E-state index contributed by atoms with van der Waals surface area (Å²) < 4.78 is 41.2. The summed E-state index contributed by atoms with van der Waals surface area (Å²) >= 11 is 3.23. The molecule has 0 fully saturated rings. The van der Waals surface area contributed by atoms with Crippen LogP contribution in [0.3, 0.4) is 0 Å². The number of hydrogen-bond donors (Lipinski definition) is 1. The van der Waals surface area contributed by atoms with Gasteiger partial charge in [-0.1, -0.05) is 34.1 Å². The van der Waals surface area contributed by atoms with E-state index in [1.807, 2.05) is 0 Å². The molecule has 0 saturated carbocycles. The van der Waals surface area contributed by atoms with Gasteiger partial charge in [-0.2, -0.15) is 23.3 Å². The molecule has 1 amide bonds. The van der Waals surface area contributed by atoms with Gasteiger partial charge in [0, 0.05) is 10.7 Å². The fourth-order valence-corrected chi connectivity index (χ4v) is 2.65. The maximum atomic E-state index is 13.5. The second kappa shape index (κ2) is 6.23. The van der Waals surface area contributed by atoms with Crippen LogP contribution in [0.25, 0.3) is 0 Å². The van der Waals surface area contributed by atoms with Gasteiger partial charge >= 0.3 is 6.18 Å². The lowest BCUT2D eigenvalue weighted by molar-refractivity contribution is -0.297. The van der Waals surface area contributed by atoms with Crippen molar-refractivity contribution in [2.24, 2.45) is 5.10 Å². The maximum Gasteiger partial charge on any atom is 0.438 e. The van der Waals surface area contributed by atoms with Crippen LogP contribution >= 0.6 is 15.9 Å². The molecule has 130 valence electrons. The zero-order valence-corrected chi connectivity index (χ0v) is 14.1. The normalized spacial score (nSPS) is 20.5. The zero-order chi connectivity index (χ0) is 18.2. The molecule has 0 aliphatic carbocycles. The standard InChI is InChI=1S/C16H11BrF3N3O2/c17-11-6-4-10(5-7-11)13-9-15(25,16(18,19)20)23(22-13)14(24)12-3-1-2-8-21-12/h1-8,25H,9H2. The number of aliphatic hydroxyl groups is 1. The number of aromatic nitrogens is 1. The van der Waals surface area contributed by atoms with E-state index in [0.717, 1.165) is 4.47 Å². The van der Waals surface area contributed by atoms with Gasteiger partial charge in [0.2, 0.25) is 0 Å². The fraction of sp³-hybridized carbons (Fsp3) is 0.188. The largest absolute Gasteiger partial charge is 0.438 e. The van der Waals surface area contributed by atoms with Crippen molar-refractivity contribution in [3.8, 4) is 0 Å². The van der Waals surface area contributed by atoms with E-state index >= 15 is 0 Å². The van der Waals surface area contributed by atoms with Crippen LogP contribution in [0.15, 0.2) is 58.2 Å². The molecule has 0 spiro atoms. The van der Waals surface area contributed by atoms with Crippen LogP contribution in [0.2, 0.25) is 0 Å². The van der Waals surface area contributed by atoms with Gasteiger partial charge in [0.1, 0.15) is 5.69 Å². The molecule has 1 unspecified atom stereocenters. The summed E-state index contributed by atoms with van der Waals surface area (Å²) in [6.07, 6.45) is -4.68. The Morgan fingerprint density at radius 1 is 1.20 bits per heavy atom. The summed E-state index contributed by atoms with van der Waals surface area (Å²) in [6.45, 7) is 0. The van der Waals surface area contributed by atoms with E-state index in [4.69, 9.17) is 0 Å². The average molecular weight is 414 g/mol. The van der Waals surface area contributed by atoms with Crippen molar-refractivity contribution in [2.45, 2.75) is 18.3 Å². The molecule has 9 heteroatoms. The molecular formula is C16H11BrF3N3O2. The second-order valence-electron chi connectivity index (χ2n) is 5.38. The first kappa shape index (κ1) is 17.6. The highest BCUT2D eigenvalue weighted by molar-refractivity contribution is 9.10. The molecule has 0 radical (unpaired) electrons. The fourth-order valence-electron chi connectivity index (χ4n) is 2.38. The van der Waals surface area contributed by atoms with Gasteiger partial charge in [0.05, 0.1) is 12.1 Å². The molecule has 1 aromatic carbocycles. The Kier molecular flexibility index (Phi) is 4.38. The van der Waals surface area contributed by atoms with Gasteiger partial charge in [-0.25, -0.2) is 0 Å². The Hall–Kier alpha value is -2.26. The Morgan fingerprint density at radius 3 is 2.44 bits per heavy atom. The highest BCUT2D eigenvalue weighted by Crippen LogP contribution is 2.41. The van der Waals surface area contributed by atoms with Gasteiger partial charge < -0.3 is 5.11 Å². The Bertz CT molecular complexity index is 825. The van der Waals surface area contributed by atoms with Crippen molar-refractivity contribution in [1.82, 2.24) is 9.99 Å². The first-order valence-electron chi connectivity index (χ1n) is 7.10. The van der Waals surface area contributed by atoms with Crippen molar-refractivity contribution in [3.05, 3.63) is 64.4 Å². The molecule has 1 aromatic heterocycles. The van der Waals surface area contributed by atoms with Gasteiger partial charge in [0.25, 0.3) is 11.6 Å². The summed E-state index contributed by atoms with van der Waals surface area (Å²) in [7, 11) is 0. The van der Waals surface area contributed by atoms with Crippen LogP contribution in [0.5, 0.6) is 0 Å². The number of halogens is 4.